The van der Waals surface area contributed by atoms with E-state index >= 15 is 0 Å². The van der Waals surface area contributed by atoms with Crippen LogP contribution < -0.4 is 5.56 Å². The van der Waals surface area contributed by atoms with E-state index in [0.717, 1.165) is 11.1 Å². The van der Waals surface area contributed by atoms with Crippen LogP contribution in [-0.4, -0.2) is 20.9 Å². The van der Waals surface area contributed by atoms with Gasteiger partial charge in [0.05, 0.1) is 12.2 Å². The van der Waals surface area contributed by atoms with Gasteiger partial charge in [-0.05, 0) is 36.8 Å². The Morgan fingerprint density at radius 3 is 2.15 bits per heavy atom. The second-order valence-electron chi connectivity index (χ2n) is 6.28. The van der Waals surface area contributed by atoms with Crippen molar-refractivity contribution in [2.75, 3.05) is 0 Å². The summed E-state index contributed by atoms with van der Waals surface area (Å²) in [5.41, 5.74) is 2.22. The van der Waals surface area contributed by atoms with Crippen LogP contribution in [0.1, 0.15) is 32.0 Å². The van der Waals surface area contributed by atoms with Crippen molar-refractivity contribution < 1.29 is 9.59 Å². The van der Waals surface area contributed by atoms with Crippen LogP contribution >= 0.6 is 0 Å². The molecule has 0 unspecified atom stereocenters. The van der Waals surface area contributed by atoms with E-state index in [0.29, 0.717) is 12.2 Å². The number of ketones is 2. The van der Waals surface area contributed by atoms with Crippen molar-refractivity contribution in [3.8, 4) is 5.69 Å². The minimum absolute atomic E-state index is 0.0611. The largest absolute Gasteiger partial charge is 0.289 e. The molecular formula is C21H16N2O3. The van der Waals surface area contributed by atoms with E-state index in [1.807, 2.05) is 61.5 Å². The number of carbonyl (C=O) groups excluding carboxylic acids is 2. The van der Waals surface area contributed by atoms with Crippen molar-refractivity contribution in [3.63, 3.8) is 0 Å². The fourth-order valence-electron chi connectivity index (χ4n) is 3.18. The van der Waals surface area contributed by atoms with Crippen LogP contribution in [0.2, 0.25) is 0 Å². The second kappa shape index (κ2) is 6.11. The van der Waals surface area contributed by atoms with Crippen molar-refractivity contribution in [2.45, 2.75) is 13.5 Å². The Balaban J connectivity index is 2.00. The molecule has 0 fully saturated rings. The molecule has 0 aliphatic heterocycles. The number of hydrogen-bond donors (Lipinski definition) is 0. The van der Waals surface area contributed by atoms with Gasteiger partial charge in [-0.2, -0.15) is 0 Å². The van der Waals surface area contributed by atoms with E-state index in [-0.39, 0.29) is 17.0 Å². The van der Waals surface area contributed by atoms with Crippen molar-refractivity contribution in [2.24, 2.45) is 0 Å². The molecule has 1 aliphatic carbocycles. The molecule has 0 atom stereocenters. The molecule has 0 spiro atoms. The quantitative estimate of drug-likeness (QED) is 0.734. The number of rotatable bonds is 3. The lowest BCUT2D eigenvalue weighted by Crippen LogP contribution is -2.23. The maximum absolute atomic E-state index is 13.0. The third kappa shape index (κ3) is 2.54. The number of aryl methyl sites for hydroxylation is 1. The van der Waals surface area contributed by atoms with Gasteiger partial charge >= 0.3 is 0 Å². The van der Waals surface area contributed by atoms with Crippen LogP contribution in [0.15, 0.2) is 71.5 Å². The fraction of sp³-hybridized carbons (Fsp3) is 0.0952. The lowest BCUT2D eigenvalue weighted by molar-refractivity contribution is 0.0987. The number of aromatic nitrogens is 2. The van der Waals surface area contributed by atoms with Crippen LogP contribution in [0, 0.1) is 6.92 Å². The van der Waals surface area contributed by atoms with Crippen LogP contribution in [0.5, 0.6) is 0 Å². The van der Waals surface area contributed by atoms with Gasteiger partial charge < -0.3 is 0 Å². The molecule has 0 amide bonds. The molecule has 4 rings (SSSR count). The maximum atomic E-state index is 13.0. The maximum Gasteiger partial charge on any atom is 0.283 e. The van der Waals surface area contributed by atoms with Gasteiger partial charge in [0.2, 0.25) is 5.78 Å². The van der Waals surface area contributed by atoms with Gasteiger partial charge in [-0.25, -0.2) is 4.68 Å². The second-order valence-corrected chi connectivity index (χ2v) is 6.28. The molecule has 1 aromatic heterocycles. The number of nitrogens with zero attached hydrogens (tertiary/aromatic N) is 2. The summed E-state index contributed by atoms with van der Waals surface area (Å²) < 4.78 is 3.02. The van der Waals surface area contributed by atoms with E-state index in [2.05, 4.69) is 0 Å². The summed E-state index contributed by atoms with van der Waals surface area (Å²) in [4.78, 5) is 37.8. The van der Waals surface area contributed by atoms with Gasteiger partial charge in [-0.1, -0.05) is 48.0 Å². The summed E-state index contributed by atoms with van der Waals surface area (Å²) in [5, 5.41) is 0. The summed E-state index contributed by atoms with van der Waals surface area (Å²) >= 11 is 0. The first-order valence-corrected chi connectivity index (χ1v) is 8.30. The number of fused-ring (bicyclic) bond motifs is 1. The Hall–Kier alpha value is -3.47. The highest BCUT2D eigenvalue weighted by molar-refractivity contribution is 6.21. The SMILES string of the molecule is Cc1ccc(-n2c(=O)c3c(n2Cc2ccccc2)C(=O)C=CC3=O)cc1. The average molecular weight is 344 g/mol. The van der Waals surface area contributed by atoms with E-state index < -0.39 is 11.3 Å². The molecule has 1 heterocycles. The highest BCUT2D eigenvalue weighted by atomic mass is 16.2. The Kier molecular flexibility index (Phi) is 3.77. The van der Waals surface area contributed by atoms with Gasteiger partial charge in [0, 0.05) is 0 Å². The Morgan fingerprint density at radius 2 is 1.46 bits per heavy atom. The lowest BCUT2D eigenvalue weighted by atomic mass is 10.0. The molecule has 3 aromatic rings. The fourth-order valence-corrected chi connectivity index (χ4v) is 3.18. The Labute approximate surface area is 149 Å². The van der Waals surface area contributed by atoms with E-state index in [9.17, 15) is 14.4 Å². The minimum Gasteiger partial charge on any atom is -0.289 e. The molecular weight excluding hydrogens is 328 g/mol. The summed E-state index contributed by atoms with van der Waals surface area (Å²) in [5.74, 6) is -0.768. The van der Waals surface area contributed by atoms with Crippen molar-refractivity contribution in [3.05, 3.63) is 99.5 Å². The van der Waals surface area contributed by atoms with Crippen LogP contribution in [0.3, 0.4) is 0 Å². The zero-order chi connectivity index (χ0) is 18.3. The minimum atomic E-state index is -0.470. The van der Waals surface area contributed by atoms with Gasteiger partial charge in [0.15, 0.2) is 5.78 Å². The zero-order valence-corrected chi connectivity index (χ0v) is 14.2. The van der Waals surface area contributed by atoms with Crippen LogP contribution in [0.25, 0.3) is 5.69 Å². The molecule has 128 valence electrons. The lowest BCUT2D eigenvalue weighted by Gasteiger charge is -2.15. The summed E-state index contributed by atoms with van der Waals surface area (Å²) in [6, 6.07) is 16.9. The Morgan fingerprint density at radius 1 is 0.808 bits per heavy atom. The summed E-state index contributed by atoms with van der Waals surface area (Å²) in [6.45, 7) is 2.27. The van der Waals surface area contributed by atoms with Crippen molar-refractivity contribution in [1.82, 2.24) is 9.36 Å². The van der Waals surface area contributed by atoms with Crippen LogP contribution in [-0.2, 0) is 6.54 Å². The molecule has 0 radical (unpaired) electrons. The summed E-state index contributed by atoms with van der Waals surface area (Å²) in [6.07, 6.45) is 2.39. The topological polar surface area (TPSA) is 61.1 Å². The average Bonchev–Trinajstić information content (AvgIpc) is 2.93. The first kappa shape index (κ1) is 16.0. The third-order valence-electron chi connectivity index (χ3n) is 4.46. The van der Waals surface area contributed by atoms with Gasteiger partial charge in [-0.15, -0.1) is 0 Å². The Bertz CT molecular complexity index is 1100. The number of hydrogen-bond acceptors (Lipinski definition) is 3. The number of carbonyl (C=O) groups is 2. The van der Waals surface area contributed by atoms with Gasteiger partial charge in [-0.3, -0.25) is 19.1 Å². The normalized spacial score (nSPS) is 13.1. The molecule has 0 saturated heterocycles. The molecule has 26 heavy (non-hydrogen) atoms. The van der Waals surface area contributed by atoms with Crippen molar-refractivity contribution in [1.29, 1.82) is 0 Å². The summed E-state index contributed by atoms with van der Waals surface area (Å²) in [7, 11) is 0. The third-order valence-corrected chi connectivity index (χ3v) is 4.46. The van der Waals surface area contributed by atoms with Crippen molar-refractivity contribution >= 4 is 11.6 Å². The van der Waals surface area contributed by atoms with Gasteiger partial charge in [0.1, 0.15) is 11.3 Å². The number of benzene rings is 2. The van der Waals surface area contributed by atoms with E-state index in [1.165, 1.54) is 16.8 Å². The predicted molar refractivity (Wildman–Crippen MR) is 98.1 cm³/mol. The number of allylic oxidation sites excluding steroid dienone is 2. The van der Waals surface area contributed by atoms with E-state index in [4.69, 9.17) is 0 Å². The molecule has 5 heteroatoms. The first-order chi connectivity index (χ1) is 12.6. The molecule has 0 N–H and O–H groups in total. The predicted octanol–water partition coefficient (Wildman–Crippen LogP) is 2.93. The molecule has 1 aliphatic rings. The molecule has 2 aromatic carbocycles. The molecule has 0 saturated carbocycles. The zero-order valence-electron chi connectivity index (χ0n) is 14.2. The first-order valence-electron chi connectivity index (χ1n) is 8.30. The molecule has 5 nitrogen and oxygen atoms in total. The molecule has 0 bridgehead atoms. The van der Waals surface area contributed by atoms with Gasteiger partial charge in [0.25, 0.3) is 5.56 Å². The van der Waals surface area contributed by atoms with E-state index in [1.54, 1.807) is 4.68 Å². The smallest absolute Gasteiger partial charge is 0.283 e. The monoisotopic (exact) mass is 344 g/mol. The van der Waals surface area contributed by atoms with Crippen LogP contribution in [0.4, 0.5) is 0 Å². The highest BCUT2D eigenvalue weighted by Gasteiger charge is 2.31. The highest BCUT2D eigenvalue weighted by Crippen LogP contribution is 2.19. The standard InChI is InChI=1S/C21H16N2O3/c1-14-7-9-16(10-8-14)23-21(26)19-17(24)11-12-18(25)20(19)22(23)13-15-5-3-2-4-6-15/h2-12H,13H2,1H3.